The number of hydrogen-bond donors (Lipinski definition) is 10. The Balaban J connectivity index is 2.37. The van der Waals surface area contributed by atoms with Crippen LogP contribution in [0.3, 0.4) is 0 Å². The van der Waals surface area contributed by atoms with E-state index in [2.05, 4.69) is 42.2 Å². The van der Waals surface area contributed by atoms with Gasteiger partial charge in [-0.15, -0.1) is 0 Å². The number of carbonyl (C=O) groups excluding carboxylic acids is 10. The fourth-order valence-electron chi connectivity index (χ4n) is 8.29. The molecule has 0 aromatic heterocycles. The molecule has 1 aromatic rings. The molecule has 3 unspecified atom stereocenters. The van der Waals surface area contributed by atoms with E-state index in [1.165, 1.54) is 37.7 Å². The summed E-state index contributed by atoms with van der Waals surface area (Å²) in [5.74, 6) is -7.46. The van der Waals surface area contributed by atoms with Gasteiger partial charge < -0.3 is 68.5 Å². The third-order valence-electron chi connectivity index (χ3n) is 13.4. The Labute approximate surface area is 441 Å². The summed E-state index contributed by atoms with van der Waals surface area (Å²) >= 11 is 0. The van der Waals surface area contributed by atoms with Gasteiger partial charge in [-0.2, -0.15) is 0 Å². The molecule has 1 aromatic carbocycles. The summed E-state index contributed by atoms with van der Waals surface area (Å²) in [6, 6.07) is 0.382. The fourth-order valence-corrected chi connectivity index (χ4v) is 8.29. The largest absolute Gasteiger partial charge is 0.391 e. The fraction of sp³-hybridized carbons (Fsp3) is 0.667. The number of nitrogens with zero attached hydrogens (tertiary/aromatic N) is 4. The lowest BCUT2D eigenvalue weighted by molar-refractivity contribution is -0.142. The molecule has 420 valence electrons. The molecule has 0 spiro atoms. The molecule has 1 heterocycles. The van der Waals surface area contributed by atoms with Crippen LogP contribution in [0, 0.1) is 11.8 Å². The molecule has 1 aliphatic heterocycles. The van der Waals surface area contributed by atoms with Crippen molar-refractivity contribution in [2.24, 2.45) is 28.3 Å². The van der Waals surface area contributed by atoms with E-state index in [0.29, 0.717) is 57.2 Å². The minimum atomic E-state index is -1.64. The number of amides is 10. The van der Waals surface area contributed by atoms with Crippen molar-refractivity contribution in [1.29, 1.82) is 0 Å². The van der Waals surface area contributed by atoms with Crippen LogP contribution < -0.4 is 48.7 Å². The van der Waals surface area contributed by atoms with Gasteiger partial charge in [0.25, 0.3) is 0 Å². The predicted molar refractivity (Wildman–Crippen MR) is 282 cm³/mol. The van der Waals surface area contributed by atoms with Crippen LogP contribution in [0.25, 0.3) is 0 Å². The van der Waals surface area contributed by atoms with Crippen LogP contribution in [-0.4, -0.2) is 180 Å². The molecule has 0 aliphatic carbocycles. The first-order valence-electron chi connectivity index (χ1n) is 26.0. The highest BCUT2D eigenvalue weighted by molar-refractivity contribution is 5.98. The summed E-state index contributed by atoms with van der Waals surface area (Å²) in [6.45, 7) is 13.2. The summed E-state index contributed by atoms with van der Waals surface area (Å²) in [4.78, 5) is 143. The number of nitrogens with one attached hydrogen (secondary N) is 7. The van der Waals surface area contributed by atoms with Gasteiger partial charge in [0.1, 0.15) is 42.3 Å². The molecular weight excluding hydrogens is 971 g/mol. The average Bonchev–Trinajstić information content (AvgIpc) is 3.87. The lowest BCUT2D eigenvalue weighted by atomic mass is 9.96. The van der Waals surface area contributed by atoms with E-state index in [1.54, 1.807) is 65.0 Å². The standard InChI is InChI=1S/C51H85N13O11/c1-11-20-35(44(69)59-41(30(5)12-2)47(72)58-36(23-18-25-55-51(52)53)50(75)64-26-19-24-37(64)45(70)54-14-4)57-49(74)43(32(7)65)61-48(73)42(31(6)13-3)60-46(71)38(27-34-21-16-15-17-22-34)63(10)40(68)28-56-39(67)29-62(9)33(8)66/h15-17,21-22,30-32,35-38,41-43,65H,11-14,18-20,23-29H2,1-10H3,(H,54,70)(H,56,67)(H,57,74)(H,58,72)(H,59,69)(H,60,71)(H,61,73)(H4,52,53,55)/t30?,31?,32?,35-,36-,37-,38-,41-,42+,43-/m0/s1. The number of rotatable bonds is 31. The highest BCUT2D eigenvalue weighted by Gasteiger charge is 2.40. The number of carbonyl (C=O) groups is 10. The number of likely N-dealkylation sites (tertiary alicyclic amines) is 1. The summed E-state index contributed by atoms with van der Waals surface area (Å²) in [7, 11) is 2.81. The van der Waals surface area contributed by atoms with Gasteiger partial charge in [0.2, 0.25) is 59.1 Å². The maximum Gasteiger partial charge on any atom is 0.245 e. The highest BCUT2D eigenvalue weighted by Crippen LogP contribution is 2.21. The van der Waals surface area contributed by atoms with Crippen molar-refractivity contribution in [3.63, 3.8) is 0 Å². The second-order valence-electron chi connectivity index (χ2n) is 19.3. The monoisotopic (exact) mass is 1060 g/mol. The molecule has 24 heteroatoms. The molecule has 75 heavy (non-hydrogen) atoms. The van der Waals surface area contributed by atoms with Crippen molar-refractivity contribution >= 4 is 65.0 Å². The second-order valence-corrected chi connectivity index (χ2v) is 19.3. The van der Waals surface area contributed by atoms with Gasteiger partial charge in [-0.1, -0.05) is 84.2 Å². The number of hydrogen-bond acceptors (Lipinski definition) is 12. The highest BCUT2D eigenvalue weighted by atomic mass is 16.3. The third kappa shape index (κ3) is 20.8. The Hall–Kier alpha value is -6.85. The zero-order chi connectivity index (χ0) is 56.5. The summed E-state index contributed by atoms with van der Waals surface area (Å²) in [6.07, 6.45) is 1.18. The maximum atomic E-state index is 14.3. The predicted octanol–water partition coefficient (Wildman–Crippen LogP) is -1.47. The van der Waals surface area contributed by atoms with E-state index in [9.17, 15) is 53.1 Å². The molecule has 10 atom stereocenters. The SMILES string of the molecule is CCC[C@H](NC(=O)[C@@H](NC(=O)[C@H](NC(=O)[C@H](Cc1ccccc1)N(C)C(=O)CNC(=O)CN(C)C(C)=O)C(C)CC)C(C)O)C(=O)N[C@H](C(=O)N[C@@H](CCCN=C(N)N)C(=O)N1CCC[C@H]1C(=O)NCC)C(C)CC. The zero-order valence-corrected chi connectivity index (χ0v) is 45.5. The Morgan fingerprint density at radius 3 is 1.85 bits per heavy atom. The molecule has 0 bridgehead atoms. The maximum absolute atomic E-state index is 14.3. The van der Waals surface area contributed by atoms with Crippen molar-refractivity contribution in [3.05, 3.63) is 35.9 Å². The van der Waals surface area contributed by atoms with E-state index < -0.39 is 114 Å². The van der Waals surface area contributed by atoms with Crippen LogP contribution in [0.2, 0.25) is 0 Å². The third-order valence-corrected chi connectivity index (χ3v) is 13.4. The number of benzene rings is 1. The van der Waals surface area contributed by atoms with Crippen LogP contribution in [0.5, 0.6) is 0 Å². The molecule has 1 fully saturated rings. The van der Waals surface area contributed by atoms with Crippen molar-refractivity contribution < 1.29 is 53.1 Å². The first-order chi connectivity index (χ1) is 35.4. The number of aliphatic imine (C=N–C) groups is 1. The summed E-state index contributed by atoms with van der Waals surface area (Å²) in [5, 5.41) is 29.7. The quantitative estimate of drug-likeness (QED) is 0.0231. The van der Waals surface area contributed by atoms with Crippen LogP contribution in [0.1, 0.15) is 112 Å². The van der Waals surface area contributed by atoms with Gasteiger partial charge in [-0.05, 0) is 63.4 Å². The number of aliphatic hydroxyl groups is 1. The zero-order valence-electron chi connectivity index (χ0n) is 45.5. The smallest absolute Gasteiger partial charge is 0.245 e. The van der Waals surface area contributed by atoms with Crippen molar-refractivity contribution in [1.82, 2.24) is 51.9 Å². The van der Waals surface area contributed by atoms with Crippen molar-refractivity contribution in [2.75, 3.05) is 46.8 Å². The Morgan fingerprint density at radius 1 is 0.747 bits per heavy atom. The summed E-state index contributed by atoms with van der Waals surface area (Å²) in [5.41, 5.74) is 11.7. The molecule has 1 saturated heterocycles. The Morgan fingerprint density at radius 2 is 1.31 bits per heavy atom. The molecule has 1 aliphatic rings. The first kappa shape index (κ1) is 64.3. The van der Waals surface area contributed by atoms with E-state index in [0.717, 1.165) is 4.90 Å². The van der Waals surface area contributed by atoms with Crippen LogP contribution in [0.4, 0.5) is 0 Å². The number of guanidine groups is 1. The van der Waals surface area contributed by atoms with Crippen LogP contribution in [-0.2, 0) is 54.4 Å². The molecule has 10 amide bonds. The Bertz CT molecular complexity index is 2120. The van der Waals surface area contributed by atoms with E-state index >= 15 is 0 Å². The minimum absolute atomic E-state index is 0.0154. The lowest BCUT2D eigenvalue weighted by Gasteiger charge is -2.32. The topological polar surface area (TPSA) is 349 Å². The normalized spacial score (nSPS) is 16.6. The van der Waals surface area contributed by atoms with Gasteiger partial charge in [-0.3, -0.25) is 52.9 Å². The van der Waals surface area contributed by atoms with Gasteiger partial charge in [0.15, 0.2) is 5.96 Å². The number of nitrogens with two attached hydrogens (primary N) is 2. The molecule has 0 radical (unpaired) electrons. The average molecular weight is 1060 g/mol. The molecule has 2 rings (SSSR count). The van der Waals surface area contributed by atoms with Gasteiger partial charge in [0, 0.05) is 47.1 Å². The number of likely N-dealkylation sites (N-methyl/N-ethyl adjacent to an activating group) is 3. The first-order valence-corrected chi connectivity index (χ1v) is 26.0. The van der Waals surface area contributed by atoms with Gasteiger partial charge >= 0.3 is 0 Å². The van der Waals surface area contributed by atoms with Crippen LogP contribution >= 0.6 is 0 Å². The molecule has 24 nitrogen and oxygen atoms in total. The minimum Gasteiger partial charge on any atom is -0.391 e. The lowest BCUT2D eigenvalue weighted by Crippen LogP contribution is -2.63. The van der Waals surface area contributed by atoms with E-state index in [1.807, 2.05) is 6.92 Å². The van der Waals surface area contributed by atoms with Crippen molar-refractivity contribution in [2.45, 2.75) is 162 Å². The van der Waals surface area contributed by atoms with Crippen molar-refractivity contribution in [3.8, 4) is 0 Å². The van der Waals surface area contributed by atoms with E-state index in [-0.39, 0.29) is 50.1 Å². The Kier molecular flexibility index (Phi) is 27.8. The van der Waals surface area contributed by atoms with Crippen LogP contribution in [0.15, 0.2) is 35.3 Å². The number of aliphatic hydroxyl groups excluding tert-OH is 1. The second kappa shape index (κ2) is 32.5. The molecular formula is C51H85N13O11. The molecule has 12 N–H and O–H groups in total. The molecule has 0 saturated carbocycles. The summed E-state index contributed by atoms with van der Waals surface area (Å²) < 4.78 is 0. The van der Waals surface area contributed by atoms with Gasteiger partial charge in [-0.25, -0.2) is 0 Å². The van der Waals surface area contributed by atoms with E-state index in [4.69, 9.17) is 11.5 Å². The van der Waals surface area contributed by atoms with Gasteiger partial charge in [0.05, 0.1) is 19.2 Å².